The van der Waals surface area contributed by atoms with E-state index in [0.717, 1.165) is 35.3 Å². The van der Waals surface area contributed by atoms with Crippen molar-refractivity contribution in [3.05, 3.63) is 22.8 Å². The molecule has 0 spiro atoms. The number of aromatic nitrogens is 1. The number of hydrogen-bond acceptors (Lipinski definition) is 3. The molecule has 0 radical (unpaired) electrons. The molecular formula is C14H20BrN3. The number of pyridine rings is 1. The zero-order valence-electron chi connectivity index (χ0n) is 10.6. The number of nitrogens with one attached hydrogen (secondary N) is 1. The van der Waals surface area contributed by atoms with E-state index in [1.807, 2.05) is 6.20 Å². The molecule has 2 fully saturated rings. The Morgan fingerprint density at radius 1 is 1.22 bits per heavy atom. The van der Waals surface area contributed by atoms with Gasteiger partial charge in [0.15, 0.2) is 0 Å². The summed E-state index contributed by atoms with van der Waals surface area (Å²) in [7, 11) is 0. The van der Waals surface area contributed by atoms with Gasteiger partial charge in [-0.15, -0.1) is 0 Å². The third kappa shape index (κ3) is 2.69. The highest BCUT2D eigenvalue weighted by Gasteiger charge is 2.28. The molecule has 1 aromatic heterocycles. The molecule has 0 amide bonds. The molecule has 2 aliphatic rings. The van der Waals surface area contributed by atoms with Gasteiger partial charge in [-0.05, 0) is 66.2 Å². The largest absolute Gasteiger partial charge is 0.357 e. The molecular weight excluding hydrogens is 290 g/mol. The van der Waals surface area contributed by atoms with Gasteiger partial charge in [-0.1, -0.05) is 0 Å². The lowest BCUT2D eigenvalue weighted by Crippen LogP contribution is -2.41. The summed E-state index contributed by atoms with van der Waals surface area (Å²) >= 11 is 3.43. The maximum absolute atomic E-state index is 4.49. The van der Waals surface area contributed by atoms with Crippen LogP contribution in [0.1, 0.15) is 25.7 Å². The van der Waals surface area contributed by atoms with Gasteiger partial charge in [-0.25, -0.2) is 4.98 Å². The van der Waals surface area contributed by atoms with Crippen LogP contribution >= 0.6 is 15.9 Å². The van der Waals surface area contributed by atoms with Crippen molar-refractivity contribution >= 4 is 21.7 Å². The highest BCUT2D eigenvalue weighted by atomic mass is 79.9. The first-order valence-corrected chi connectivity index (χ1v) is 7.72. The van der Waals surface area contributed by atoms with Gasteiger partial charge in [0.1, 0.15) is 5.82 Å². The number of nitrogens with zero attached hydrogens (tertiary/aromatic N) is 2. The second-order valence-corrected chi connectivity index (χ2v) is 6.28. The number of hydrogen-bond donors (Lipinski definition) is 1. The average molecular weight is 310 g/mol. The normalized spacial score (nSPS) is 25.6. The molecule has 0 aromatic carbocycles. The van der Waals surface area contributed by atoms with E-state index in [-0.39, 0.29) is 0 Å². The second kappa shape index (κ2) is 5.57. The van der Waals surface area contributed by atoms with E-state index in [0.29, 0.717) is 0 Å². The van der Waals surface area contributed by atoms with Gasteiger partial charge < -0.3 is 10.2 Å². The first-order chi connectivity index (χ1) is 8.83. The van der Waals surface area contributed by atoms with Crippen LogP contribution in [0.2, 0.25) is 0 Å². The van der Waals surface area contributed by atoms with E-state index in [1.54, 1.807) is 0 Å². The Hall–Kier alpha value is -0.610. The SMILES string of the molecule is Brc1ccc(N2CCC(C3CCCN3)CC2)nc1. The average Bonchev–Trinajstić information content (AvgIpc) is 2.94. The van der Waals surface area contributed by atoms with E-state index in [4.69, 9.17) is 0 Å². The minimum Gasteiger partial charge on any atom is -0.357 e. The Balaban J connectivity index is 1.57. The lowest BCUT2D eigenvalue weighted by atomic mass is 9.88. The summed E-state index contributed by atoms with van der Waals surface area (Å²) in [6.07, 6.45) is 7.23. The molecule has 3 heterocycles. The Labute approximate surface area is 117 Å². The van der Waals surface area contributed by atoms with Crippen LogP contribution in [0.25, 0.3) is 0 Å². The molecule has 98 valence electrons. The fourth-order valence-electron chi connectivity index (χ4n) is 3.20. The van der Waals surface area contributed by atoms with Crippen molar-refractivity contribution in [1.29, 1.82) is 0 Å². The van der Waals surface area contributed by atoms with Crippen LogP contribution in [-0.4, -0.2) is 30.7 Å². The monoisotopic (exact) mass is 309 g/mol. The van der Waals surface area contributed by atoms with Crippen LogP contribution in [0.3, 0.4) is 0 Å². The fraction of sp³-hybridized carbons (Fsp3) is 0.643. The van der Waals surface area contributed by atoms with E-state index in [2.05, 4.69) is 43.3 Å². The summed E-state index contributed by atoms with van der Waals surface area (Å²) in [6, 6.07) is 4.97. The maximum Gasteiger partial charge on any atom is 0.128 e. The van der Waals surface area contributed by atoms with Crippen molar-refractivity contribution in [3.8, 4) is 0 Å². The highest BCUT2D eigenvalue weighted by Crippen LogP contribution is 2.27. The van der Waals surface area contributed by atoms with Gasteiger partial charge in [0.25, 0.3) is 0 Å². The predicted molar refractivity (Wildman–Crippen MR) is 77.9 cm³/mol. The Morgan fingerprint density at radius 2 is 2.06 bits per heavy atom. The van der Waals surface area contributed by atoms with Crippen molar-refractivity contribution in [2.24, 2.45) is 5.92 Å². The van der Waals surface area contributed by atoms with Crippen LogP contribution in [0.5, 0.6) is 0 Å². The molecule has 1 aromatic rings. The zero-order chi connectivity index (χ0) is 12.4. The van der Waals surface area contributed by atoms with Crippen molar-refractivity contribution < 1.29 is 0 Å². The van der Waals surface area contributed by atoms with Crippen molar-refractivity contribution in [2.75, 3.05) is 24.5 Å². The smallest absolute Gasteiger partial charge is 0.128 e. The van der Waals surface area contributed by atoms with Gasteiger partial charge in [0, 0.05) is 29.8 Å². The summed E-state index contributed by atoms with van der Waals surface area (Å²) in [5, 5.41) is 3.65. The molecule has 2 aliphatic heterocycles. The summed E-state index contributed by atoms with van der Waals surface area (Å²) in [5.41, 5.74) is 0. The molecule has 1 N–H and O–H groups in total. The van der Waals surface area contributed by atoms with Crippen LogP contribution in [0.4, 0.5) is 5.82 Å². The van der Waals surface area contributed by atoms with Crippen molar-refractivity contribution in [1.82, 2.24) is 10.3 Å². The molecule has 4 heteroatoms. The molecule has 3 nitrogen and oxygen atoms in total. The Morgan fingerprint density at radius 3 is 2.67 bits per heavy atom. The van der Waals surface area contributed by atoms with Crippen LogP contribution in [0.15, 0.2) is 22.8 Å². The quantitative estimate of drug-likeness (QED) is 0.910. The number of halogens is 1. The molecule has 18 heavy (non-hydrogen) atoms. The lowest BCUT2D eigenvalue weighted by molar-refractivity contribution is 0.318. The van der Waals surface area contributed by atoms with Gasteiger partial charge in [0.05, 0.1) is 0 Å². The minimum absolute atomic E-state index is 0.782. The summed E-state index contributed by atoms with van der Waals surface area (Å²) in [6.45, 7) is 3.52. The summed E-state index contributed by atoms with van der Waals surface area (Å²) in [5.74, 6) is 2.00. The zero-order valence-corrected chi connectivity index (χ0v) is 12.2. The van der Waals surface area contributed by atoms with Gasteiger partial charge >= 0.3 is 0 Å². The third-order valence-corrected chi connectivity index (χ3v) is 4.71. The number of anilines is 1. The third-order valence-electron chi connectivity index (χ3n) is 4.24. The van der Waals surface area contributed by atoms with E-state index >= 15 is 0 Å². The number of piperidine rings is 1. The van der Waals surface area contributed by atoms with Crippen LogP contribution in [-0.2, 0) is 0 Å². The standard InChI is InChI=1S/C14H20BrN3/c15-12-3-4-14(17-10-12)18-8-5-11(6-9-18)13-2-1-7-16-13/h3-4,10-11,13,16H,1-2,5-9H2. The molecule has 1 atom stereocenters. The van der Waals surface area contributed by atoms with Crippen molar-refractivity contribution in [2.45, 2.75) is 31.7 Å². The first-order valence-electron chi connectivity index (χ1n) is 6.93. The molecule has 0 saturated carbocycles. The molecule has 1 unspecified atom stereocenters. The van der Waals surface area contributed by atoms with Crippen LogP contribution in [0, 0.1) is 5.92 Å². The molecule has 0 bridgehead atoms. The number of rotatable bonds is 2. The summed E-state index contributed by atoms with van der Waals surface area (Å²) in [4.78, 5) is 6.90. The van der Waals surface area contributed by atoms with E-state index in [9.17, 15) is 0 Å². The first kappa shape index (κ1) is 12.4. The molecule has 2 saturated heterocycles. The van der Waals surface area contributed by atoms with Gasteiger partial charge in [-0.3, -0.25) is 0 Å². The maximum atomic E-state index is 4.49. The Kier molecular flexibility index (Phi) is 3.85. The van der Waals surface area contributed by atoms with Gasteiger partial charge in [0.2, 0.25) is 0 Å². The fourth-order valence-corrected chi connectivity index (χ4v) is 3.43. The predicted octanol–water partition coefficient (Wildman–Crippen LogP) is 2.81. The lowest BCUT2D eigenvalue weighted by Gasteiger charge is -2.35. The minimum atomic E-state index is 0.782. The second-order valence-electron chi connectivity index (χ2n) is 5.36. The van der Waals surface area contributed by atoms with Crippen LogP contribution < -0.4 is 10.2 Å². The van der Waals surface area contributed by atoms with Crippen molar-refractivity contribution in [3.63, 3.8) is 0 Å². The van der Waals surface area contributed by atoms with E-state index < -0.39 is 0 Å². The highest BCUT2D eigenvalue weighted by molar-refractivity contribution is 9.10. The molecule has 0 aliphatic carbocycles. The molecule has 3 rings (SSSR count). The summed E-state index contributed by atoms with van der Waals surface area (Å²) < 4.78 is 1.05. The van der Waals surface area contributed by atoms with E-state index in [1.165, 1.54) is 32.2 Å². The van der Waals surface area contributed by atoms with Gasteiger partial charge in [-0.2, -0.15) is 0 Å². The topological polar surface area (TPSA) is 28.2 Å². The Bertz CT molecular complexity index is 379.